The molecule has 0 amide bonds. The van der Waals surface area contributed by atoms with Gasteiger partial charge in [-0.15, -0.1) is 0 Å². The summed E-state index contributed by atoms with van der Waals surface area (Å²) in [6, 6.07) is 0.546. The van der Waals surface area contributed by atoms with Gasteiger partial charge in [0.1, 0.15) is 5.54 Å². The number of carbonyl (C=O) groups excluding carboxylic acids is 1. The Morgan fingerprint density at radius 1 is 1.35 bits per heavy atom. The molecule has 3 atom stereocenters. The zero-order chi connectivity index (χ0) is 14.8. The maximum atomic E-state index is 12.5. The Labute approximate surface area is 123 Å². The number of nitrogens with zero attached hydrogens (tertiary/aromatic N) is 1. The number of nitrogens with one attached hydrogen (secondary N) is 1. The van der Waals surface area contributed by atoms with Crippen molar-refractivity contribution in [2.75, 3.05) is 26.7 Å². The zero-order valence-electron chi connectivity index (χ0n) is 13.4. The third-order valence-electron chi connectivity index (χ3n) is 5.27. The normalized spacial score (nSPS) is 30.8. The number of rotatable bonds is 6. The minimum atomic E-state index is -0.491. The van der Waals surface area contributed by atoms with Crippen molar-refractivity contribution >= 4 is 5.97 Å². The van der Waals surface area contributed by atoms with Gasteiger partial charge in [-0.1, -0.05) is 13.8 Å². The van der Waals surface area contributed by atoms with Gasteiger partial charge in [0, 0.05) is 12.6 Å². The average molecular weight is 282 g/mol. The highest BCUT2D eigenvalue weighted by atomic mass is 16.5. The van der Waals surface area contributed by atoms with Crippen LogP contribution in [0, 0.1) is 11.8 Å². The second kappa shape index (κ2) is 6.44. The molecule has 0 aromatic carbocycles. The van der Waals surface area contributed by atoms with Crippen LogP contribution >= 0.6 is 0 Å². The number of likely N-dealkylation sites (N-methyl/N-ethyl adjacent to an activating group) is 1. The first-order valence-electron chi connectivity index (χ1n) is 8.12. The molecule has 0 aromatic heterocycles. The van der Waals surface area contributed by atoms with Crippen LogP contribution in [0.25, 0.3) is 0 Å². The van der Waals surface area contributed by atoms with Crippen LogP contribution in [0.4, 0.5) is 0 Å². The molecule has 2 aliphatic rings. The molecule has 1 saturated heterocycles. The summed E-state index contributed by atoms with van der Waals surface area (Å²) in [5.74, 6) is 1.08. The van der Waals surface area contributed by atoms with Crippen LogP contribution < -0.4 is 5.32 Å². The molecule has 4 nitrogen and oxygen atoms in total. The maximum absolute atomic E-state index is 12.5. The molecule has 1 aliphatic heterocycles. The van der Waals surface area contributed by atoms with Gasteiger partial charge in [0.05, 0.1) is 7.11 Å². The Bertz CT molecular complexity index is 343. The van der Waals surface area contributed by atoms with Crippen LogP contribution in [0.3, 0.4) is 0 Å². The minimum Gasteiger partial charge on any atom is -0.468 e. The number of carbonyl (C=O) groups is 1. The van der Waals surface area contributed by atoms with Crippen molar-refractivity contribution in [2.45, 2.75) is 58.0 Å². The monoisotopic (exact) mass is 282 g/mol. The van der Waals surface area contributed by atoms with Crippen molar-refractivity contribution in [3.05, 3.63) is 0 Å². The number of piperidine rings is 1. The Morgan fingerprint density at radius 2 is 2.05 bits per heavy atom. The van der Waals surface area contributed by atoms with Crippen LogP contribution in [-0.4, -0.2) is 49.2 Å². The fraction of sp³-hybridized carbons (Fsp3) is 0.938. The molecule has 116 valence electrons. The molecule has 2 fully saturated rings. The Kier molecular flexibility index (Phi) is 5.08. The fourth-order valence-electron chi connectivity index (χ4n) is 3.67. The standard InChI is InChI=1S/C16H30N2O2/c1-5-17-16(14-8-9-14,15(19)20-4)11-18-10-6-7-12(2)13(18)3/h12-14,17H,5-11H2,1-4H3. The van der Waals surface area contributed by atoms with Crippen LogP contribution in [-0.2, 0) is 9.53 Å². The summed E-state index contributed by atoms with van der Waals surface area (Å²) in [5, 5.41) is 3.48. The molecular formula is C16H30N2O2. The van der Waals surface area contributed by atoms with Crippen molar-refractivity contribution in [3.8, 4) is 0 Å². The summed E-state index contributed by atoms with van der Waals surface area (Å²) in [4.78, 5) is 14.9. The van der Waals surface area contributed by atoms with E-state index in [1.54, 1.807) is 0 Å². The summed E-state index contributed by atoms with van der Waals surface area (Å²) in [7, 11) is 1.51. The lowest BCUT2D eigenvalue weighted by Gasteiger charge is -2.43. The predicted octanol–water partition coefficient (Wildman–Crippen LogP) is 2.04. The molecule has 1 N–H and O–H groups in total. The third kappa shape index (κ3) is 3.01. The second-order valence-corrected chi connectivity index (χ2v) is 6.60. The average Bonchev–Trinajstić information content (AvgIpc) is 3.27. The molecule has 0 spiro atoms. The van der Waals surface area contributed by atoms with Gasteiger partial charge in [0.25, 0.3) is 0 Å². The number of esters is 1. The summed E-state index contributed by atoms with van der Waals surface area (Å²) < 4.78 is 5.15. The summed E-state index contributed by atoms with van der Waals surface area (Å²) in [6.07, 6.45) is 4.81. The predicted molar refractivity (Wildman–Crippen MR) is 80.6 cm³/mol. The molecule has 4 heteroatoms. The highest BCUT2D eigenvalue weighted by Crippen LogP contribution is 2.42. The van der Waals surface area contributed by atoms with E-state index in [0.717, 1.165) is 32.5 Å². The Morgan fingerprint density at radius 3 is 2.60 bits per heavy atom. The van der Waals surface area contributed by atoms with Crippen LogP contribution in [0.5, 0.6) is 0 Å². The SMILES string of the molecule is CCNC(CN1CCCC(C)C1C)(C(=O)OC)C1CC1. The highest BCUT2D eigenvalue weighted by Gasteiger charge is 2.52. The van der Waals surface area contributed by atoms with E-state index in [0.29, 0.717) is 17.9 Å². The topological polar surface area (TPSA) is 41.6 Å². The molecule has 20 heavy (non-hydrogen) atoms. The van der Waals surface area contributed by atoms with E-state index >= 15 is 0 Å². The van der Waals surface area contributed by atoms with E-state index in [4.69, 9.17) is 4.74 Å². The van der Waals surface area contributed by atoms with E-state index in [2.05, 4.69) is 31.0 Å². The summed E-state index contributed by atoms with van der Waals surface area (Å²) in [6.45, 7) is 9.39. The lowest BCUT2D eigenvalue weighted by molar-refractivity contribution is -0.151. The number of ether oxygens (including phenoxy) is 1. The van der Waals surface area contributed by atoms with Gasteiger partial charge in [0.2, 0.25) is 0 Å². The smallest absolute Gasteiger partial charge is 0.327 e. The molecule has 2 rings (SSSR count). The van der Waals surface area contributed by atoms with E-state index in [9.17, 15) is 4.79 Å². The van der Waals surface area contributed by atoms with Crippen LogP contribution in [0.1, 0.15) is 46.5 Å². The van der Waals surface area contributed by atoms with Crippen LogP contribution in [0.15, 0.2) is 0 Å². The number of hydrogen-bond acceptors (Lipinski definition) is 4. The first-order chi connectivity index (χ1) is 9.55. The van der Waals surface area contributed by atoms with E-state index in [1.807, 2.05) is 0 Å². The molecule has 0 bridgehead atoms. The largest absolute Gasteiger partial charge is 0.468 e. The second-order valence-electron chi connectivity index (χ2n) is 6.60. The quantitative estimate of drug-likeness (QED) is 0.757. The van der Waals surface area contributed by atoms with Crippen LogP contribution in [0.2, 0.25) is 0 Å². The number of hydrogen-bond donors (Lipinski definition) is 1. The van der Waals surface area contributed by atoms with E-state index in [-0.39, 0.29) is 5.97 Å². The third-order valence-corrected chi connectivity index (χ3v) is 5.27. The molecule has 0 aromatic rings. The molecular weight excluding hydrogens is 252 g/mol. The van der Waals surface area contributed by atoms with Crippen molar-refractivity contribution < 1.29 is 9.53 Å². The molecule has 0 radical (unpaired) electrons. The van der Waals surface area contributed by atoms with Gasteiger partial charge < -0.3 is 10.1 Å². The minimum absolute atomic E-state index is 0.0766. The van der Waals surface area contributed by atoms with E-state index < -0.39 is 5.54 Å². The fourth-order valence-corrected chi connectivity index (χ4v) is 3.67. The summed E-state index contributed by atoms with van der Waals surface area (Å²) >= 11 is 0. The van der Waals surface area contributed by atoms with Gasteiger partial charge in [0.15, 0.2) is 0 Å². The van der Waals surface area contributed by atoms with Gasteiger partial charge >= 0.3 is 5.97 Å². The van der Waals surface area contributed by atoms with Gasteiger partial charge in [-0.05, 0) is 57.5 Å². The van der Waals surface area contributed by atoms with Gasteiger partial charge in [-0.3, -0.25) is 4.90 Å². The van der Waals surface area contributed by atoms with E-state index in [1.165, 1.54) is 20.0 Å². The van der Waals surface area contributed by atoms with Gasteiger partial charge in [-0.2, -0.15) is 0 Å². The Balaban J connectivity index is 2.16. The molecule has 1 aliphatic carbocycles. The van der Waals surface area contributed by atoms with Gasteiger partial charge in [-0.25, -0.2) is 4.79 Å². The first-order valence-corrected chi connectivity index (χ1v) is 8.12. The zero-order valence-corrected chi connectivity index (χ0v) is 13.4. The van der Waals surface area contributed by atoms with Crippen molar-refractivity contribution in [2.24, 2.45) is 11.8 Å². The lowest BCUT2D eigenvalue weighted by Crippen LogP contribution is -2.63. The Hall–Kier alpha value is -0.610. The molecule has 1 heterocycles. The highest BCUT2D eigenvalue weighted by molar-refractivity contribution is 5.82. The summed E-state index contributed by atoms with van der Waals surface area (Å²) in [5.41, 5.74) is -0.491. The van der Waals surface area contributed by atoms with Crippen molar-refractivity contribution in [1.29, 1.82) is 0 Å². The maximum Gasteiger partial charge on any atom is 0.327 e. The van der Waals surface area contributed by atoms with Crippen molar-refractivity contribution in [1.82, 2.24) is 10.2 Å². The number of likely N-dealkylation sites (tertiary alicyclic amines) is 1. The molecule has 1 saturated carbocycles. The van der Waals surface area contributed by atoms with Crippen molar-refractivity contribution in [3.63, 3.8) is 0 Å². The molecule has 3 unspecified atom stereocenters. The lowest BCUT2D eigenvalue weighted by atomic mass is 9.87. The number of methoxy groups -OCH3 is 1. The first kappa shape index (κ1) is 15.8.